The normalized spacial score (nSPS) is 10.5. The van der Waals surface area contributed by atoms with E-state index in [0.29, 0.717) is 12.2 Å². The van der Waals surface area contributed by atoms with Crippen molar-refractivity contribution in [2.24, 2.45) is 0 Å². The minimum absolute atomic E-state index is 0.170. The van der Waals surface area contributed by atoms with Crippen LogP contribution in [0.1, 0.15) is 18.9 Å². The molecule has 0 aliphatic carbocycles. The molecule has 0 radical (unpaired) electrons. The number of hydrogen-bond acceptors (Lipinski definition) is 4. The van der Waals surface area contributed by atoms with Crippen LogP contribution in [0.2, 0.25) is 0 Å². The first-order chi connectivity index (χ1) is 8.54. The Morgan fingerprint density at radius 2 is 2.28 bits per heavy atom. The van der Waals surface area contributed by atoms with Crippen LogP contribution in [-0.2, 0) is 4.79 Å². The molecule has 6 nitrogen and oxygen atoms in total. The molecule has 96 valence electrons. The number of aliphatic carboxylic acids is 1. The lowest BCUT2D eigenvalue weighted by Crippen LogP contribution is -1.99. The van der Waals surface area contributed by atoms with Gasteiger partial charge in [0.25, 0.3) is 0 Å². The zero-order valence-corrected chi connectivity index (χ0v) is 9.83. The van der Waals surface area contributed by atoms with Crippen LogP contribution in [0.25, 0.3) is 6.08 Å². The molecular formula is C12H13NO5. The van der Waals surface area contributed by atoms with Crippen LogP contribution in [0.3, 0.4) is 0 Å². The van der Waals surface area contributed by atoms with E-state index in [-0.39, 0.29) is 11.4 Å². The maximum atomic E-state index is 10.9. The first-order valence-corrected chi connectivity index (χ1v) is 5.37. The minimum Gasteiger partial charge on any atom is -0.487 e. The summed E-state index contributed by atoms with van der Waals surface area (Å²) in [5, 5.41) is 19.3. The van der Waals surface area contributed by atoms with E-state index in [1.165, 1.54) is 18.2 Å². The van der Waals surface area contributed by atoms with Crippen LogP contribution in [0, 0.1) is 10.1 Å². The van der Waals surface area contributed by atoms with Crippen LogP contribution >= 0.6 is 0 Å². The van der Waals surface area contributed by atoms with Crippen molar-refractivity contribution in [3.05, 3.63) is 40.0 Å². The third kappa shape index (κ3) is 3.89. The van der Waals surface area contributed by atoms with Crippen molar-refractivity contribution in [2.75, 3.05) is 6.61 Å². The van der Waals surface area contributed by atoms with Crippen molar-refractivity contribution >= 4 is 17.7 Å². The fourth-order valence-electron chi connectivity index (χ4n) is 1.28. The molecule has 0 saturated heterocycles. The fraction of sp³-hybridized carbons (Fsp3) is 0.250. The van der Waals surface area contributed by atoms with Gasteiger partial charge in [-0.15, -0.1) is 0 Å². The fourth-order valence-corrected chi connectivity index (χ4v) is 1.28. The van der Waals surface area contributed by atoms with Crippen LogP contribution in [-0.4, -0.2) is 22.6 Å². The molecule has 1 aromatic rings. The zero-order chi connectivity index (χ0) is 13.5. The number of nitro benzene ring substituents is 1. The van der Waals surface area contributed by atoms with E-state index >= 15 is 0 Å². The third-order valence-electron chi connectivity index (χ3n) is 2.06. The predicted molar refractivity (Wildman–Crippen MR) is 65.6 cm³/mol. The lowest BCUT2D eigenvalue weighted by molar-refractivity contribution is -0.385. The standard InChI is InChI=1S/C12H13NO5/c1-2-7-18-11-5-3-9(4-6-12(14)15)8-10(11)13(16)17/h3-6,8H,2,7H2,1H3,(H,14,15)/b6-4-. The summed E-state index contributed by atoms with van der Waals surface area (Å²) in [6.45, 7) is 2.29. The van der Waals surface area contributed by atoms with Gasteiger partial charge in [0, 0.05) is 12.1 Å². The molecule has 0 heterocycles. The molecule has 0 aromatic heterocycles. The van der Waals surface area contributed by atoms with Crippen LogP contribution in [0.4, 0.5) is 5.69 Å². The topological polar surface area (TPSA) is 89.7 Å². The summed E-state index contributed by atoms with van der Waals surface area (Å²) < 4.78 is 5.25. The summed E-state index contributed by atoms with van der Waals surface area (Å²) in [6.07, 6.45) is 2.96. The van der Waals surface area contributed by atoms with Crippen molar-refractivity contribution in [1.29, 1.82) is 0 Å². The van der Waals surface area contributed by atoms with Crippen molar-refractivity contribution in [3.8, 4) is 5.75 Å². The van der Waals surface area contributed by atoms with Crippen molar-refractivity contribution < 1.29 is 19.6 Å². The first kappa shape index (κ1) is 13.7. The number of benzene rings is 1. The molecule has 0 atom stereocenters. The molecule has 0 unspecified atom stereocenters. The van der Waals surface area contributed by atoms with Gasteiger partial charge in [-0.05, 0) is 24.1 Å². The number of carboxylic acid groups (broad SMARTS) is 1. The Balaban J connectivity index is 3.03. The second-order valence-electron chi connectivity index (χ2n) is 3.50. The lowest BCUT2D eigenvalue weighted by atomic mass is 10.1. The molecule has 1 aromatic carbocycles. The molecule has 1 N–H and O–H groups in total. The van der Waals surface area contributed by atoms with Gasteiger partial charge in [0.05, 0.1) is 11.5 Å². The maximum absolute atomic E-state index is 10.9. The van der Waals surface area contributed by atoms with Gasteiger partial charge in [-0.1, -0.05) is 13.0 Å². The molecule has 18 heavy (non-hydrogen) atoms. The summed E-state index contributed by atoms with van der Waals surface area (Å²) in [5.74, 6) is -0.918. The van der Waals surface area contributed by atoms with Crippen molar-refractivity contribution in [2.45, 2.75) is 13.3 Å². The van der Waals surface area contributed by atoms with Crippen molar-refractivity contribution in [3.63, 3.8) is 0 Å². The number of rotatable bonds is 6. The second kappa shape index (κ2) is 6.39. The Bertz CT molecular complexity index is 481. The number of carboxylic acids is 1. The highest BCUT2D eigenvalue weighted by molar-refractivity contribution is 5.85. The summed E-state index contributed by atoms with van der Waals surface area (Å²) in [4.78, 5) is 20.7. The highest BCUT2D eigenvalue weighted by Crippen LogP contribution is 2.28. The second-order valence-corrected chi connectivity index (χ2v) is 3.50. The molecule has 0 amide bonds. The number of nitro groups is 1. The van der Waals surface area contributed by atoms with E-state index in [9.17, 15) is 14.9 Å². The SMILES string of the molecule is CCCOc1ccc(/C=C\C(=O)O)cc1[N+](=O)[O-]. The molecule has 0 aliphatic rings. The van der Waals surface area contributed by atoms with E-state index in [2.05, 4.69) is 0 Å². The Morgan fingerprint density at radius 1 is 1.56 bits per heavy atom. The summed E-state index contributed by atoms with van der Waals surface area (Å²) >= 11 is 0. The van der Waals surface area contributed by atoms with Crippen LogP contribution in [0.15, 0.2) is 24.3 Å². The van der Waals surface area contributed by atoms with Gasteiger partial charge in [0.15, 0.2) is 5.75 Å². The van der Waals surface area contributed by atoms with Gasteiger partial charge in [-0.3, -0.25) is 10.1 Å². The Labute approximate surface area is 104 Å². The lowest BCUT2D eigenvalue weighted by Gasteiger charge is -2.05. The van der Waals surface area contributed by atoms with Gasteiger partial charge < -0.3 is 9.84 Å². The summed E-state index contributed by atoms with van der Waals surface area (Å²) in [7, 11) is 0. The molecule has 0 aliphatic heterocycles. The number of ether oxygens (including phenoxy) is 1. The van der Waals surface area contributed by atoms with E-state index < -0.39 is 10.9 Å². The third-order valence-corrected chi connectivity index (χ3v) is 2.06. The van der Waals surface area contributed by atoms with E-state index in [0.717, 1.165) is 12.5 Å². The molecule has 1 rings (SSSR count). The molecule has 0 fully saturated rings. The van der Waals surface area contributed by atoms with Gasteiger partial charge in [-0.2, -0.15) is 0 Å². The number of carbonyl (C=O) groups is 1. The average molecular weight is 251 g/mol. The minimum atomic E-state index is -1.11. The van der Waals surface area contributed by atoms with Gasteiger partial charge in [0.2, 0.25) is 0 Å². The largest absolute Gasteiger partial charge is 0.487 e. The Kier molecular flexibility index (Phi) is 4.86. The van der Waals surface area contributed by atoms with Crippen LogP contribution in [0.5, 0.6) is 5.75 Å². The quantitative estimate of drug-likeness (QED) is 0.476. The Morgan fingerprint density at radius 3 is 2.83 bits per heavy atom. The predicted octanol–water partition coefficient (Wildman–Crippen LogP) is 2.48. The Hall–Kier alpha value is -2.37. The van der Waals surface area contributed by atoms with Crippen LogP contribution < -0.4 is 4.74 Å². The number of nitrogens with zero attached hydrogens (tertiary/aromatic N) is 1. The highest BCUT2D eigenvalue weighted by Gasteiger charge is 2.15. The molecule has 0 bridgehead atoms. The molecular weight excluding hydrogens is 238 g/mol. The zero-order valence-electron chi connectivity index (χ0n) is 9.83. The summed E-state index contributed by atoms with van der Waals surface area (Å²) in [5.41, 5.74) is 0.268. The van der Waals surface area contributed by atoms with E-state index in [1.54, 1.807) is 6.07 Å². The van der Waals surface area contributed by atoms with Gasteiger partial charge >= 0.3 is 11.7 Å². The maximum Gasteiger partial charge on any atom is 0.328 e. The van der Waals surface area contributed by atoms with E-state index in [4.69, 9.17) is 9.84 Å². The molecule has 0 saturated carbocycles. The van der Waals surface area contributed by atoms with Gasteiger partial charge in [-0.25, -0.2) is 4.79 Å². The average Bonchev–Trinajstić information content (AvgIpc) is 2.34. The highest BCUT2D eigenvalue weighted by atomic mass is 16.6. The van der Waals surface area contributed by atoms with Crippen molar-refractivity contribution in [1.82, 2.24) is 0 Å². The molecule has 6 heteroatoms. The summed E-state index contributed by atoms with van der Waals surface area (Å²) in [6, 6.07) is 4.32. The van der Waals surface area contributed by atoms with E-state index in [1.807, 2.05) is 6.92 Å². The molecule has 0 spiro atoms. The number of hydrogen-bond donors (Lipinski definition) is 1. The first-order valence-electron chi connectivity index (χ1n) is 5.37. The smallest absolute Gasteiger partial charge is 0.328 e. The monoisotopic (exact) mass is 251 g/mol. The van der Waals surface area contributed by atoms with Gasteiger partial charge in [0.1, 0.15) is 0 Å².